The Kier molecular flexibility index (Phi) is 7.48. The number of anilines is 1. The molecule has 4 rings (SSSR count). The number of carbonyl (C=O) groups excluding carboxylic acids is 1. The minimum absolute atomic E-state index is 0.00209. The zero-order chi connectivity index (χ0) is 25.1. The summed E-state index contributed by atoms with van der Waals surface area (Å²) in [5.74, 6) is 0.630. The van der Waals surface area contributed by atoms with Crippen molar-refractivity contribution in [2.24, 2.45) is 0 Å². The lowest BCUT2D eigenvalue weighted by molar-refractivity contribution is -0.134. The van der Waals surface area contributed by atoms with Crippen LogP contribution in [0.5, 0.6) is 5.75 Å². The molecule has 10 heteroatoms. The minimum atomic E-state index is -0.0317. The molecule has 1 atom stereocenters. The quantitative estimate of drug-likeness (QED) is 0.480. The second-order valence-corrected chi connectivity index (χ2v) is 9.14. The van der Waals surface area contributed by atoms with Gasteiger partial charge in [-0.2, -0.15) is 10.4 Å². The van der Waals surface area contributed by atoms with Crippen LogP contribution in [0.25, 0.3) is 11.4 Å². The van der Waals surface area contributed by atoms with E-state index in [0.717, 1.165) is 5.69 Å². The van der Waals surface area contributed by atoms with Crippen LogP contribution < -0.4 is 9.64 Å². The highest BCUT2D eigenvalue weighted by atomic mass is 35.5. The Hall–Kier alpha value is -3.28. The van der Waals surface area contributed by atoms with Crippen LogP contribution in [0.1, 0.15) is 25.2 Å². The highest BCUT2D eigenvalue weighted by molar-refractivity contribution is 6.33. The van der Waals surface area contributed by atoms with Gasteiger partial charge < -0.3 is 14.5 Å². The molecule has 1 fully saturated rings. The molecule has 1 saturated heterocycles. The molecule has 2 aromatic heterocycles. The lowest BCUT2D eigenvalue weighted by atomic mass is 10.1. The molecule has 8 nitrogen and oxygen atoms in total. The second kappa shape index (κ2) is 10.5. The van der Waals surface area contributed by atoms with Gasteiger partial charge in [0.15, 0.2) is 0 Å². The van der Waals surface area contributed by atoms with Crippen LogP contribution in [0.2, 0.25) is 10.0 Å². The highest BCUT2D eigenvalue weighted by Gasteiger charge is 2.29. The predicted molar refractivity (Wildman–Crippen MR) is 136 cm³/mol. The lowest BCUT2D eigenvalue weighted by Crippen LogP contribution is -2.54. The van der Waals surface area contributed by atoms with Gasteiger partial charge in [0, 0.05) is 37.4 Å². The Bertz CT molecular complexity index is 1290. The summed E-state index contributed by atoms with van der Waals surface area (Å²) < 4.78 is 7.23. The van der Waals surface area contributed by atoms with Gasteiger partial charge in [0.25, 0.3) is 0 Å². The van der Waals surface area contributed by atoms with Crippen molar-refractivity contribution in [1.29, 1.82) is 5.26 Å². The van der Waals surface area contributed by atoms with Gasteiger partial charge in [-0.1, -0.05) is 29.3 Å². The molecule has 3 aromatic rings. The zero-order valence-electron chi connectivity index (χ0n) is 19.8. The number of carbonyl (C=O) groups is 1. The van der Waals surface area contributed by atoms with E-state index in [-0.39, 0.29) is 24.2 Å². The van der Waals surface area contributed by atoms with Gasteiger partial charge >= 0.3 is 0 Å². The third-order valence-electron chi connectivity index (χ3n) is 6.05. The summed E-state index contributed by atoms with van der Waals surface area (Å²) >= 11 is 12.7. The smallest absolute Gasteiger partial charge is 0.244 e. The summed E-state index contributed by atoms with van der Waals surface area (Å²) in [5.41, 5.74) is 2.93. The van der Waals surface area contributed by atoms with E-state index >= 15 is 0 Å². The molecule has 1 aliphatic heterocycles. The molecule has 0 spiro atoms. The van der Waals surface area contributed by atoms with Crippen molar-refractivity contribution in [2.75, 3.05) is 31.1 Å². The van der Waals surface area contributed by atoms with Crippen molar-refractivity contribution in [3.05, 3.63) is 57.8 Å². The third-order valence-corrected chi connectivity index (χ3v) is 6.82. The number of pyridine rings is 1. The van der Waals surface area contributed by atoms with Crippen LogP contribution in [-0.2, 0) is 11.3 Å². The summed E-state index contributed by atoms with van der Waals surface area (Å²) in [6, 6.07) is 12.9. The number of aromatic nitrogens is 3. The minimum Gasteiger partial charge on any atom is -0.492 e. The molecule has 1 aliphatic rings. The second-order valence-electron chi connectivity index (χ2n) is 8.36. The molecular formula is C25H26Cl2N6O2. The van der Waals surface area contributed by atoms with Crippen molar-refractivity contribution in [3.8, 4) is 23.2 Å². The van der Waals surface area contributed by atoms with Crippen LogP contribution in [0.3, 0.4) is 0 Å². The lowest BCUT2D eigenvalue weighted by Gasteiger charge is -2.41. The number of ether oxygens (including phenoxy) is 1. The van der Waals surface area contributed by atoms with Crippen LogP contribution in [0.4, 0.5) is 5.69 Å². The van der Waals surface area contributed by atoms with Crippen LogP contribution in [0.15, 0.2) is 36.4 Å². The van der Waals surface area contributed by atoms with E-state index in [2.05, 4.69) is 15.0 Å². The van der Waals surface area contributed by atoms with E-state index < -0.39 is 0 Å². The molecule has 1 aromatic carbocycles. The molecule has 0 aliphatic carbocycles. The maximum Gasteiger partial charge on any atom is 0.244 e. The van der Waals surface area contributed by atoms with Gasteiger partial charge in [-0.15, -0.1) is 0 Å². The number of rotatable bonds is 6. The SMILES string of the molecule is CCOc1cc(N2CCN(C(=O)Cn3nc(-c4cccc(C#N)n4)c(Cl)c3C)C(C)C2)ccc1Cl. The van der Waals surface area contributed by atoms with Crippen LogP contribution in [0, 0.1) is 18.3 Å². The van der Waals surface area contributed by atoms with Crippen molar-refractivity contribution >= 4 is 34.8 Å². The Morgan fingerprint density at radius 1 is 1.26 bits per heavy atom. The van der Waals surface area contributed by atoms with Gasteiger partial charge in [0.1, 0.15) is 29.8 Å². The summed E-state index contributed by atoms with van der Waals surface area (Å²) in [7, 11) is 0. The molecule has 1 amide bonds. The van der Waals surface area contributed by atoms with Crippen molar-refractivity contribution < 1.29 is 9.53 Å². The van der Waals surface area contributed by atoms with Gasteiger partial charge in [-0.05, 0) is 45.0 Å². The fourth-order valence-corrected chi connectivity index (χ4v) is 4.61. The van der Waals surface area contributed by atoms with Gasteiger partial charge in [0.05, 0.1) is 28.0 Å². The van der Waals surface area contributed by atoms with E-state index in [9.17, 15) is 4.79 Å². The molecule has 182 valence electrons. The van der Waals surface area contributed by atoms with Crippen LogP contribution >= 0.6 is 23.2 Å². The monoisotopic (exact) mass is 512 g/mol. The van der Waals surface area contributed by atoms with E-state index in [1.165, 1.54) is 0 Å². The number of nitriles is 1. The topological polar surface area (TPSA) is 87.3 Å². The Labute approximate surface area is 214 Å². The fourth-order valence-electron chi connectivity index (χ4n) is 4.21. The van der Waals surface area contributed by atoms with E-state index in [4.69, 9.17) is 33.2 Å². The molecule has 0 bridgehead atoms. The van der Waals surface area contributed by atoms with E-state index in [1.54, 1.807) is 22.9 Å². The molecular weight excluding hydrogens is 487 g/mol. The standard InChI is InChI=1S/C25H26Cl2N6O2/c1-4-35-22-12-19(8-9-20(22)26)31-10-11-32(16(2)14-31)23(34)15-33-17(3)24(27)25(30-33)21-7-5-6-18(13-28)29-21/h5-9,12,16H,4,10-11,14-15H2,1-3H3. The summed E-state index contributed by atoms with van der Waals surface area (Å²) in [5, 5.41) is 14.7. The maximum atomic E-state index is 13.2. The molecule has 0 saturated carbocycles. The number of nitrogens with zero attached hydrogens (tertiary/aromatic N) is 6. The average molecular weight is 513 g/mol. The normalized spacial score (nSPS) is 15.7. The van der Waals surface area contributed by atoms with Gasteiger partial charge in [-0.3, -0.25) is 9.48 Å². The zero-order valence-corrected chi connectivity index (χ0v) is 21.3. The highest BCUT2D eigenvalue weighted by Crippen LogP contribution is 2.31. The van der Waals surface area contributed by atoms with Crippen molar-refractivity contribution in [2.45, 2.75) is 33.4 Å². The summed E-state index contributed by atoms with van der Waals surface area (Å²) in [6.45, 7) is 8.36. The Morgan fingerprint density at radius 2 is 2.06 bits per heavy atom. The van der Waals surface area contributed by atoms with E-state index in [0.29, 0.717) is 59.1 Å². The predicted octanol–water partition coefficient (Wildman–Crippen LogP) is 4.57. The fraction of sp³-hybridized carbons (Fsp3) is 0.360. The summed E-state index contributed by atoms with van der Waals surface area (Å²) in [6.07, 6.45) is 0. The Balaban J connectivity index is 1.46. The molecule has 35 heavy (non-hydrogen) atoms. The number of piperazine rings is 1. The first-order chi connectivity index (χ1) is 16.8. The molecule has 1 unspecified atom stereocenters. The molecule has 0 N–H and O–H groups in total. The van der Waals surface area contributed by atoms with Gasteiger partial charge in [0.2, 0.25) is 5.91 Å². The largest absolute Gasteiger partial charge is 0.492 e. The van der Waals surface area contributed by atoms with Crippen LogP contribution in [-0.4, -0.2) is 57.9 Å². The Morgan fingerprint density at radius 3 is 2.77 bits per heavy atom. The number of amides is 1. The third kappa shape index (κ3) is 5.21. The number of benzene rings is 1. The first kappa shape index (κ1) is 24.8. The van der Waals surface area contributed by atoms with Crippen molar-refractivity contribution in [3.63, 3.8) is 0 Å². The number of hydrogen-bond donors (Lipinski definition) is 0. The maximum absolute atomic E-state index is 13.2. The average Bonchev–Trinajstić information content (AvgIpc) is 3.14. The molecule has 3 heterocycles. The first-order valence-electron chi connectivity index (χ1n) is 11.4. The van der Waals surface area contributed by atoms with Gasteiger partial charge in [-0.25, -0.2) is 4.98 Å². The van der Waals surface area contributed by atoms with E-state index in [1.807, 2.05) is 49.9 Å². The first-order valence-corrected chi connectivity index (χ1v) is 12.1. The number of halogens is 2. The summed E-state index contributed by atoms with van der Waals surface area (Å²) in [4.78, 5) is 21.6. The van der Waals surface area contributed by atoms with Crippen molar-refractivity contribution in [1.82, 2.24) is 19.7 Å². The molecule has 0 radical (unpaired) electrons. The number of hydrogen-bond acceptors (Lipinski definition) is 6.